The molecule has 8 nitrogen and oxygen atoms in total. The third kappa shape index (κ3) is 11.1. The molecule has 0 atom stereocenters. The second-order valence-corrected chi connectivity index (χ2v) is 31.3. The van der Waals surface area contributed by atoms with Gasteiger partial charge in [0.15, 0.2) is 5.69 Å². The predicted molar refractivity (Wildman–Crippen MR) is 508 cm³/mol. The molecule has 0 aliphatic carbocycles. The number of hydrogen-bond acceptors (Lipinski definition) is 6. The van der Waals surface area contributed by atoms with Crippen LogP contribution < -0.4 is 0 Å². The molecule has 0 spiro atoms. The zero-order valence-electron chi connectivity index (χ0n) is 65.2. The van der Waals surface area contributed by atoms with Crippen LogP contribution in [0.4, 0.5) is 5.69 Å². The van der Waals surface area contributed by atoms with E-state index in [2.05, 4.69) is 355 Å². The number of para-hydroxylation sites is 4. The van der Waals surface area contributed by atoms with Crippen molar-refractivity contribution in [2.45, 2.75) is 0 Å². The van der Waals surface area contributed by atoms with E-state index in [1.54, 1.807) is 0 Å². The Labute approximate surface area is 693 Å². The molecule has 7 heterocycles. The zero-order valence-corrected chi connectivity index (χ0v) is 65.2. The third-order valence-electron chi connectivity index (χ3n) is 24.7. The van der Waals surface area contributed by atoms with Gasteiger partial charge in [0.05, 0.1) is 67.8 Å². The fourth-order valence-electron chi connectivity index (χ4n) is 19.3. The minimum absolute atomic E-state index is 0.627. The van der Waals surface area contributed by atoms with Crippen molar-refractivity contribution in [3.05, 3.63) is 412 Å². The highest BCUT2D eigenvalue weighted by atomic mass is 15.0. The topological polar surface area (TPSA) is 86.6 Å². The number of hydrogen-bond donors (Lipinski definition) is 0. The minimum atomic E-state index is 0.627. The molecule has 0 amide bonds. The minimum Gasteiger partial charge on any atom is -0.309 e. The molecule has 26 rings (SSSR count). The van der Waals surface area contributed by atoms with Crippen LogP contribution in [-0.2, 0) is 0 Å². The lowest BCUT2D eigenvalue weighted by Gasteiger charge is -2.19. The monoisotopic (exact) mass is 1530 g/mol. The van der Waals surface area contributed by atoms with Crippen molar-refractivity contribution in [1.82, 2.24) is 34.5 Å². The Morgan fingerprint density at radius 3 is 1.17 bits per heavy atom. The van der Waals surface area contributed by atoms with Gasteiger partial charge >= 0.3 is 0 Å². The molecule has 0 N–H and O–H groups in total. The second-order valence-electron chi connectivity index (χ2n) is 31.3. The maximum atomic E-state index is 7.61. The first-order chi connectivity index (χ1) is 60.0. The second kappa shape index (κ2) is 27.9. The number of benzene rings is 19. The van der Waals surface area contributed by atoms with Gasteiger partial charge in [-0.25, -0.2) is 19.8 Å². The van der Waals surface area contributed by atoms with Gasteiger partial charge in [0.2, 0.25) is 0 Å². The van der Waals surface area contributed by atoms with Crippen molar-refractivity contribution >= 4 is 190 Å². The summed E-state index contributed by atoms with van der Waals surface area (Å²) < 4.78 is 2.26. The normalized spacial score (nSPS) is 11.8. The molecule has 0 fully saturated rings. The number of rotatable bonds is 6. The molecule has 0 saturated heterocycles. The van der Waals surface area contributed by atoms with E-state index in [4.69, 9.17) is 36.5 Å². The first-order valence-corrected chi connectivity index (χ1v) is 40.9. The van der Waals surface area contributed by atoms with Crippen molar-refractivity contribution in [3.63, 3.8) is 0 Å². The van der Waals surface area contributed by atoms with Gasteiger partial charge in [-0.15, -0.1) is 0 Å². The summed E-state index contributed by atoms with van der Waals surface area (Å²) in [5.74, 6) is 0. The molecule has 0 aliphatic heterocycles. The van der Waals surface area contributed by atoms with Gasteiger partial charge in [0.25, 0.3) is 0 Å². The summed E-state index contributed by atoms with van der Waals surface area (Å²) in [6.45, 7) is 7.61. The van der Waals surface area contributed by atoms with E-state index in [1.807, 2.05) is 55.0 Å². The van der Waals surface area contributed by atoms with Gasteiger partial charge in [-0.1, -0.05) is 328 Å². The Hall–Kier alpha value is -16.5. The largest absolute Gasteiger partial charge is 0.309 e. The third-order valence-corrected chi connectivity index (χ3v) is 24.7. The summed E-state index contributed by atoms with van der Waals surface area (Å²) >= 11 is 0. The highest BCUT2D eigenvalue weighted by Crippen LogP contribution is 2.49. The molecule has 8 heteroatoms. The summed E-state index contributed by atoms with van der Waals surface area (Å²) in [4.78, 5) is 34.4. The summed E-state index contributed by atoms with van der Waals surface area (Å²) in [5.41, 5.74) is 20.4. The Kier molecular flexibility index (Phi) is 15.9. The number of aromatic nitrogens is 7. The summed E-state index contributed by atoms with van der Waals surface area (Å²) in [7, 11) is 0. The van der Waals surface area contributed by atoms with Gasteiger partial charge in [0, 0.05) is 94.8 Å². The van der Waals surface area contributed by atoms with Crippen LogP contribution in [-0.4, -0.2) is 34.5 Å². The number of pyridine rings is 6. The SMILES string of the molecule is [C-]#[N+]c1ccc2c(c1)c1cc(-c3nc4ccccc4c4c3ncc3ccccc34)ccc1n2-c1ccccc1.c1ccc2c(-c3c4ccccc4c(-c4nc5ccccc5c5c4ncc4ccccc45)c4ccccc34)cccc2c1.c1ccc2c(c1)cnc1c(-c3ccc(-c4ccc5ccc6cccc7ccc4c5c67)cc3)nc3ccccc3c12. The van der Waals surface area contributed by atoms with Crippen molar-refractivity contribution in [1.29, 1.82) is 0 Å². The van der Waals surface area contributed by atoms with Crippen molar-refractivity contribution in [3.8, 4) is 61.7 Å². The average molecular weight is 1540 g/mol. The summed E-state index contributed by atoms with van der Waals surface area (Å²) in [6, 6.07) is 135. The molecular weight excluding hydrogens is 1470 g/mol. The fraction of sp³-hybridized carbons (Fsp3) is 0. The van der Waals surface area contributed by atoms with Gasteiger partial charge in [-0.3, -0.25) is 15.0 Å². The lowest BCUT2D eigenvalue weighted by molar-refractivity contribution is 1.18. The standard InChI is InChI=1S/C40H24N2.C38H22N2.C35H20N4/c1-3-15-27-25(12-1)14-11-22-29(27)36-30-17-5-7-19-32(30)38(33-20-8-6-18-31(33)36)40-39-37(34-21-9-10-23-35(34)42-40)28-16-4-2-13-26(28)24-41-39;1-2-9-30-28(6-1)22-39-38-36(30)32-10-3-4-11-33(32)40-37(38)27-16-12-23(13-17-27)29-20-18-26-15-14-24-7-5-8-25-19-21-31(29)35(26)34(24)25;1-36-24-16-18-32-29(20-24)28-19-22(15-17-31(28)39(32)25-10-3-2-4-11-25)34-35-33(27-13-7-8-14-30(27)38-34)26-12-6-5-9-23(26)21-37-35/h1-24H;1-22H;2-21H. The number of fused-ring (bicyclic) bond motifs is 21. The highest BCUT2D eigenvalue weighted by molar-refractivity contribution is 6.30. The van der Waals surface area contributed by atoms with Crippen LogP contribution in [0.2, 0.25) is 0 Å². The molecule has 0 bridgehead atoms. The molecule has 0 unspecified atom stereocenters. The molecule has 0 saturated carbocycles. The van der Waals surface area contributed by atoms with E-state index in [0.29, 0.717) is 5.69 Å². The van der Waals surface area contributed by atoms with E-state index >= 15 is 0 Å². The van der Waals surface area contributed by atoms with Crippen LogP contribution in [0.1, 0.15) is 0 Å². The maximum absolute atomic E-state index is 7.61. The van der Waals surface area contributed by atoms with Crippen LogP contribution in [0.5, 0.6) is 0 Å². The first kappa shape index (κ1) is 68.9. The van der Waals surface area contributed by atoms with Crippen molar-refractivity contribution < 1.29 is 0 Å². The molecule has 558 valence electrons. The molecule has 0 radical (unpaired) electrons. The average Bonchev–Trinajstić information content (AvgIpc) is 1.03. The van der Waals surface area contributed by atoms with E-state index in [9.17, 15) is 0 Å². The lowest BCUT2D eigenvalue weighted by atomic mass is 9.85. The van der Waals surface area contributed by atoms with Gasteiger partial charge in [0.1, 0.15) is 0 Å². The molecular formula is C113H66N8. The first-order valence-electron chi connectivity index (χ1n) is 40.9. The van der Waals surface area contributed by atoms with Gasteiger partial charge in [-0.05, 0) is 163 Å². The zero-order chi connectivity index (χ0) is 79.8. The van der Waals surface area contributed by atoms with E-state index in [1.165, 1.54) is 103 Å². The quantitative estimate of drug-likeness (QED) is 0.0937. The fourth-order valence-corrected chi connectivity index (χ4v) is 19.3. The lowest BCUT2D eigenvalue weighted by Crippen LogP contribution is -1.96. The smallest absolute Gasteiger partial charge is 0.188 e. The van der Waals surface area contributed by atoms with Crippen LogP contribution >= 0.6 is 0 Å². The van der Waals surface area contributed by atoms with Crippen LogP contribution in [0.15, 0.2) is 401 Å². The van der Waals surface area contributed by atoms with E-state index < -0.39 is 0 Å². The Bertz CT molecular complexity index is 8750. The van der Waals surface area contributed by atoms with E-state index in [-0.39, 0.29) is 0 Å². The molecule has 0 aliphatic rings. The Balaban J connectivity index is 0.000000103. The van der Waals surface area contributed by atoms with Crippen LogP contribution in [0, 0.1) is 6.57 Å². The van der Waals surface area contributed by atoms with Crippen LogP contribution in [0.25, 0.3) is 251 Å². The van der Waals surface area contributed by atoms with Gasteiger partial charge in [-0.2, -0.15) is 0 Å². The molecule has 26 aromatic rings. The highest BCUT2D eigenvalue weighted by Gasteiger charge is 2.25. The van der Waals surface area contributed by atoms with Gasteiger partial charge < -0.3 is 4.57 Å². The summed E-state index contributed by atoms with van der Waals surface area (Å²) in [6.07, 6.45) is 5.91. The summed E-state index contributed by atoms with van der Waals surface area (Å²) in [5, 5.41) is 31.0. The Morgan fingerprint density at radius 1 is 0.223 bits per heavy atom. The number of nitrogens with zero attached hydrogens (tertiary/aromatic N) is 8. The van der Waals surface area contributed by atoms with Crippen molar-refractivity contribution in [2.75, 3.05) is 0 Å². The molecule has 121 heavy (non-hydrogen) atoms. The van der Waals surface area contributed by atoms with E-state index in [0.717, 1.165) is 143 Å². The predicted octanol–water partition coefficient (Wildman–Crippen LogP) is 30.1. The molecule has 7 aromatic heterocycles. The Morgan fingerprint density at radius 2 is 0.612 bits per heavy atom. The van der Waals surface area contributed by atoms with Crippen molar-refractivity contribution in [2.24, 2.45) is 0 Å². The van der Waals surface area contributed by atoms with Crippen LogP contribution in [0.3, 0.4) is 0 Å². The molecule has 19 aromatic carbocycles. The maximum Gasteiger partial charge on any atom is 0.188 e.